The molecule has 0 saturated carbocycles. The Morgan fingerprint density at radius 1 is 1.14 bits per heavy atom. The Kier molecular flexibility index (Phi) is 6.80. The van der Waals surface area contributed by atoms with E-state index in [1.165, 1.54) is 16.8 Å². The normalized spacial score (nSPS) is 20.8. The summed E-state index contributed by atoms with van der Waals surface area (Å²) in [6.45, 7) is 2.28. The lowest BCUT2D eigenvalue weighted by Crippen LogP contribution is -2.54. The fraction of sp³-hybridized carbons (Fsp3) is 0.458. The predicted octanol–water partition coefficient (Wildman–Crippen LogP) is -0.0712. The summed E-state index contributed by atoms with van der Waals surface area (Å²) in [6, 6.07) is 3.46. The average Bonchev–Trinajstić information content (AvgIpc) is 3.41. The van der Waals surface area contributed by atoms with Crippen LogP contribution in [0.4, 0.5) is 5.69 Å². The van der Waals surface area contributed by atoms with Gasteiger partial charge < -0.3 is 10.1 Å². The Labute approximate surface area is 212 Å². The molecular formula is C24H27N7O6. The summed E-state index contributed by atoms with van der Waals surface area (Å²) in [5.41, 5.74) is 1.01. The fourth-order valence-electron chi connectivity index (χ4n) is 4.98. The summed E-state index contributed by atoms with van der Waals surface area (Å²) in [6.07, 6.45) is 3.98. The van der Waals surface area contributed by atoms with Crippen molar-refractivity contribution >= 4 is 35.2 Å². The Hall–Kier alpha value is -3.97. The molecule has 5 rings (SSSR count). The van der Waals surface area contributed by atoms with Crippen LogP contribution in [0.5, 0.6) is 0 Å². The summed E-state index contributed by atoms with van der Waals surface area (Å²) in [4.78, 5) is 65.8. The van der Waals surface area contributed by atoms with E-state index >= 15 is 0 Å². The van der Waals surface area contributed by atoms with E-state index in [1.54, 1.807) is 19.4 Å². The van der Waals surface area contributed by atoms with Crippen LogP contribution < -0.4 is 10.6 Å². The number of hydrogen-bond acceptors (Lipinski definition) is 9. The molecule has 4 heterocycles. The highest BCUT2D eigenvalue weighted by Crippen LogP contribution is 2.32. The molecule has 1 unspecified atom stereocenters. The van der Waals surface area contributed by atoms with Crippen molar-refractivity contribution in [2.45, 2.75) is 50.9 Å². The van der Waals surface area contributed by atoms with Crippen LogP contribution in [0.2, 0.25) is 0 Å². The summed E-state index contributed by atoms with van der Waals surface area (Å²) in [7, 11) is 1.73. The lowest BCUT2D eigenvalue weighted by atomic mass is 10.0. The number of piperidine rings is 2. The smallest absolute Gasteiger partial charge is 0.264 e. The number of rotatable bonds is 7. The first-order valence-corrected chi connectivity index (χ1v) is 12.1. The number of fused-ring (bicyclic) bond motifs is 1. The highest BCUT2D eigenvalue weighted by Gasteiger charge is 2.45. The maximum absolute atomic E-state index is 13.2. The third kappa shape index (κ3) is 5.00. The number of hydrogen-bond donors (Lipinski definition) is 2. The molecule has 5 amide bonds. The number of amides is 5. The molecule has 3 aliphatic rings. The molecular weight excluding hydrogens is 482 g/mol. The topological polar surface area (TPSA) is 156 Å². The molecule has 1 atom stereocenters. The minimum Gasteiger partial charge on any atom is -0.381 e. The van der Waals surface area contributed by atoms with Gasteiger partial charge in [0.15, 0.2) is 0 Å². The summed E-state index contributed by atoms with van der Waals surface area (Å²) in [5.74, 6) is -2.92. The summed E-state index contributed by atoms with van der Waals surface area (Å²) >= 11 is 0. The van der Waals surface area contributed by atoms with Gasteiger partial charge in [0.1, 0.15) is 12.6 Å². The van der Waals surface area contributed by atoms with Crippen LogP contribution in [0.25, 0.3) is 0 Å². The second-order valence-electron chi connectivity index (χ2n) is 9.34. The highest BCUT2D eigenvalue weighted by atomic mass is 16.5. The Morgan fingerprint density at radius 2 is 1.92 bits per heavy atom. The Balaban J connectivity index is 1.23. The molecule has 1 aromatic carbocycles. The first kappa shape index (κ1) is 24.7. The molecule has 2 saturated heterocycles. The minimum absolute atomic E-state index is 0.0179. The van der Waals surface area contributed by atoms with Crippen molar-refractivity contribution in [2.24, 2.45) is 0 Å². The van der Waals surface area contributed by atoms with Crippen LogP contribution in [0.1, 0.15) is 52.1 Å². The van der Waals surface area contributed by atoms with Gasteiger partial charge in [0.25, 0.3) is 11.8 Å². The van der Waals surface area contributed by atoms with E-state index in [4.69, 9.17) is 4.74 Å². The average molecular weight is 510 g/mol. The van der Waals surface area contributed by atoms with Crippen LogP contribution in [-0.4, -0.2) is 86.7 Å². The molecule has 2 aromatic rings. The lowest BCUT2D eigenvalue weighted by Gasteiger charge is -2.30. The summed E-state index contributed by atoms with van der Waals surface area (Å²) in [5, 5.41) is 13.0. The van der Waals surface area contributed by atoms with Crippen molar-refractivity contribution in [2.75, 3.05) is 25.5 Å². The molecule has 0 radical (unpaired) electrons. The van der Waals surface area contributed by atoms with Gasteiger partial charge in [-0.25, -0.2) is 4.68 Å². The number of aromatic nitrogens is 3. The zero-order chi connectivity index (χ0) is 26.1. The van der Waals surface area contributed by atoms with Gasteiger partial charge in [-0.2, -0.15) is 0 Å². The van der Waals surface area contributed by atoms with Gasteiger partial charge in [0.2, 0.25) is 17.7 Å². The molecule has 194 valence electrons. The van der Waals surface area contributed by atoms with Crippen molar-refractivity contribution in [1.82, 2.24) is 30.1 Å². The second-order valence-corrected chi connectivity index (χ2v) is 9.34. The first-order chi connectivity index (χ1) is 17.8. The van der Waals surface area contributed by atoms with Crippen molar-refractivity contribution in [3.8, 4) is 0 Å². The van der Waals surface area contributed by atoms with Crippen LogP contribution in [0.15, 0.2) is 24.4 Å². The third-order valence-electron chi connectivity index (χ3n) is 6.89. The molecule has 3 aliphatic heterocycles. The largest absolute Gasteiger partial charge is 0.381 e. The van der Waals surface area contributed by atoms with Crippen LogP contribution >= 0.6 is 0 Å². The molecule has 0 bridgehead atoms. The number of carbonyl (C=O) groups is 5. The number of anilines is 1. The summed E-state index contributed by atoms with van der Waals surface area (Å²) < 4.78 is 6.81. The standard InChI is InChI=1S/C24H27N7O6/c1-37-15-7-9-29(10-8-15)11-14-12-30(28-27-14)13-20(33)25-17-4-2-3-16-21(17)24(36)31(23(16)35)18-5-6-19(32)26-22(18)34/h2-4,12,15,18H,5-11,13H2,1H3,(H,25,33)(H,26,32,34). The first-order valence-electron chi connectivity index (χ1n) is 12.1. The molecule has 0 spiro atoms. The molecule has 0 aliphatic carbocycles. The highest BCUT2D eigenvalue weighted by molar-refractivity contribution is 6.26. The third-order valence-corrected chi connectivity index (χ3v) is 6.89. The number of likely N-dealkylation sites (tertiary alicyclic amines) is 1. The SMILES string of the molecule is COC1CCN(Cc2cn(CC(=O)Nc3cccc4c3C(=O)N(C3CCC(=O)NC3=O)C4=O)nn2)CC1. The van der Waals surface area contributed by atoms with E-state index in [0.29, 0.717) is 6.54 Å². The Morgan fingerprint density at radius 3 is 2.65 bits per heavy atom. The van der Waals surface area contributed by atoms with E-state index in [1.807, 2.05) is 0 Å². The van der Waals surface area contributed by atoms with Gasteiger partial charge in [-0.3, -0.25) is 39.1 Å². The van der Waals surface area contributed by atoms with Crippen molar-refractivity contribution in [3.63, 3.8) is 0 Å². The maximum atomic E-state index is 13.2. The quantitative estimate of drug-likeness (QED) is 0.488. The maximum Gasteiger partial charge on any atom is 0.264 e. The number of benzene rings is 1. The zero-order valence-electron chi connectivity index (χ0n) is 20.3. The second kappa shape index (κ2) is 10.2. The zero-order valence-corrected chi connectivity index (χ0v) is 20.3. The molecule has 13 heteroatoms. The van der Waals surface area contributed by atoms with Gasteiger partial charge >= 0.3 is 0 Å². The van der Waals surface area contributed by atoms with Gasteiger partial charge in [-0.1, -0.05) is 11.3 Å². The van der Waals surface area contributed by atoms with Gasteiger partial charge in [0, 0.05) is 33.2 Å². The van der Waals surface area contributed by atoms with Crippen molar-refractivity contribution in [3.05, 3.63) is 41.2 Å². The molecule has 1 aromatic heterocycles. The molecule has 37 heavy (non-hydrogen) atoms. The predicted molar refractivity (Wildman–Crippen MR) is 127 cm³/mol. The minimum atomic E-state index is -1.08. The van der Waals surface area contributed by atoms with Crippen LogP contribution in [0.3, 0.4) is 0 Å². The van der Waals surface area contributed by atoms with E-state index < -0.39 is 35.6 Å². The van der Waals surface area contributed by atoms with Gasteiger partial charge in [-0.05, 0) is 31.4 Å². The molecule has 13 nitrogen and oxygen atoms in total. The Bertz CT molecular complexity index is 1270. The van der Waals surface area contributed by atoms with Gasteiger partial charge in [0.05, 0.1) is 34.8 Å². The van der Waals surface area contributed by atoms with E-state index in [2.05, 4.69) is 25.8 Å². The van der Waals surface area contributed by atoms with E-state index in [-0.39, 0.29) is 42.3 Å². The number of carbonyl (C=O) groups excluding carboxylic acids is 5. The fourth-order valence-corrected chi connectivity index (χ4v) is 4.98. The van der Waals surface area contributed by atoms with Gasteiger partial charge in [-0.15, -0.1) is 5.10 Å². The number of imide groups is 2. The monoisotopic (exact) mass is 509 g/mol. The number of nitrogens with one attached hydrogen (secondary N) is 2. The number of nitrogens with zero attached hydrogens (tertiary/aromatic N) is 5. The van der Waals surface area contributed by atoms with Crippen LogP contribution in [-0.2, 0) is 32.2 Å². The van der Waals surface area contributed by atoms with E-state index in [0.717, 1.165) is 36.5 Å². The van der Waals surface area contributed by atoms with E-state index in [9.17, 15) is 24.0 Å². The molecule has 2 fully saturated rings. The lowest BCUT2D eigenvalue weighted by molar-refractivity contribution is -0.136. The number of methoxy groups -OCH3 is 1. The van der Waals surface area contributed by atoms with Crippen molar-refractivity contribution in [1.29, 1.82) is 0 Å². The van der Waals surface area contributed by atoms with Crippen LogP contribution in [0, 0.1) is 0 Å². The number of ether oxygens (including phenoxy) is 1. The molecule has 2 N–H and O–H groups in total. The van der Waals surface area contributed by atoms with Crippen molar-refractivity contribution < 1.29 is 28.7 Å².